The highest BCUT2D eigenvalue weighted by Gasteiger charge is 2.11. The van der Waals surface area contributed by atoms with Crippen molar-refractivity contribution >= 4 is 22.9 Å². The highest BCUT2D eigenvalue weighted by molar-refractivity contribution is 6.01. The predicted octanol–water partition coefficient (Wildman–Crippen LogP) is 5.03. The van der Waals surface area contributed by atoms with Gasteiger partial charge in [-0.1, -0.05) is 42.5 Å². The van der Waals surface area contributed by atoms with Crippen LogP contribution in [-0.4, -0.2) is 17.2 Å². The second-order valence-corrected chi connectivity index (χ2v) is 6.86. The van der Waals surface area contributed by atoms with Crippen molar-refractivity contribution < 1.29 is 19.0 Å². The van der Waals surface area contributed by atoms with E-state index in [2.05, 4.69) is 10.5 Å². The summed E-state index contributed by atoms with van der Waals surface area (Å²) >= 11 is 0. The standard InChI is InChI=1S/C25H19FN2O3/c26-23-8-4-3-7-20(23)16-31-21-11-9-17(10-12-21)15-27-28-25(30)22-13-18-5-1-2-6-19(18)14-24(22)29/h1-15,29H,16H2,(H,28,30). The summed E-state index contributed by atoms with van der Waals surface area (Å²) in [5.41, 5.74) is 3.78. The fourth-order valence-electron chi connectivity index (χ4n) is 3.06. The fourth-order valence-corrected chi connectivity index (χ4v) is 3.06. The lowest BCUT2D eigenvalue weighted by molar-refractivity contribution is 0.0952. The lowest BCUT2D eigenvalue weighted by Gasteiger charge is -2.07. The number of hydrogen-bond acceptors (Lipinski definition) is 4. The first-order chi connectivity index (χ1) is 15.1. The molecule has 0 aromatic heterocycles. The molecule has 0 saturated carbocycles. The van der Waals surface area contributed by atoms with E-state index in [9.17, 15) is 14.3 Å². The molecule has 2 N–H and O–H groups in total. The number of phenolic OH excluding ortho intramolecular Hbond substituents is 1. The molecule has 0 aliphatic heterocycles. The molecule has 0 spiro atoms. The summed E-state index contributed by atoms with van der Waals surface area (Å²) in [6.45, 7) is 0.130. The van der Waals surface area contributed by atoms with E-state index in [0.29, 0.717) is 11.3 Å². The van der Waals surface area contributed by atoms with Crippen molar-refractivity contribution in [2.45, 2.75) is 6.61 Å². The highest BCUT2D eigenvalue weighted by Crippen LogP contribution is 2.24. The topological polar surface area (TPSA) is 70.9 Å². The van der Waals surface area contributed by atoms with E-state index in [1.54, 1.807) is 54.6 Å². The maximum Gasteiger partial charge on any atom is 0.275 e. The molecule has 154 valence electrons. The van der Waals surface area contributed by atoms with E-state index in [4.69, 9.17) is 4.74 Å². The van der Waals surface area contributed by atoms with Gasteiger partial charge in [0.25, 0.3) is 5.91 Å². The van der Waals surface area contributed by atoms with E-state index in [1.807, 2.05) is 24.3 Å². The zero-order valence-corrected chi connectivity index (χ0v) is 16.5. The van der Waals surface area contributed by atoms with E-state index >= 15 is 0 Å². The molecular formula is C25H19FN2O3. The number of amides is 1. The number of carbonyl (C=O) groups excluding carboxylic acids is 1. The Hall–Kier alpha value is -4.19. The quantitative estimate of drug-likeness (QED) is 0.343. The molecule has 0 atom stereocenters. The van der Waals surface area contributed by atoms with Gasteiger partial charge in [-0.25, -0.2) is 9.82 Å². The van der Waals surface area contributed by atoms with Gasteiger partial charge in [0.2, 0.25) is 0 Å². The molecule has 31 heavy (non-hydrogen) atoms. The average molecular weight is 414 g/mol. The maximum atomic E-state index is 13.6. The number of aromatic hydroxyl groups is 1. The lowest BCUT2D eigenvalue weighted by atomic mass is 10.1. The highest BCUT2D eigenvalue weighted by atomic mass is 19.1. The summed E-state index contributed by atoms with van der Waals surface area (Å²) < 4.78 is 19.2. The lowest BCUT2D eigenvalue weighted by Crippen LogP contribution is -2.17. The number of carbonyl (C=O) groups is 1. The van der Waals surface area contributed by atoms with E-state index in [0.717, 1.165) is 16.3 Å². The molecule has 6 heteroatoms. The number of fused-ring (bicyclic) bond motifs is 1. The van der Waals surface area contributed by atoms with Gasteiger partial charge in [-0.05, 0) is 58.8 Å². The molecule has 1 amide bonds. The zero-order chi connectivity index (χ0) is 21.6. The monoisotopic (exact) mass is 414 g/mol. The zero-order valence-electron chi connectivity index (χ0n) is 16.5. The third kappa shape index (κ3) is 4.87. The molecule has 0 radical (unpaired) electrons. The van der Waals surface area contributed by atoms with E-state index < -0.39 is 5.91 Å². The first kappa shape index (κ1) is 20.1. The van der Waals surface area contributed by atoms with Crippen LogP contribution >= 0.6 is 0 Å². The van der Waals surface area contributed by atoms with E-state index in [-0.39, 0.29) is 23.7 Å². The fraction of sp³-hybridized carbons (Fsp3) is 0.0400. The second kappa shape index (κ2) is 9.09. The van der Waals surface area contributed by atoms with Crippen molar-refractivity contribution in [3.63, 3.8) is 0 Å². The van der Waals surface area contributed by atoms with Gasteiger partial charge < -0.3 is 9.84 Å². The minimum atomic E-state index is -0.510. The Labute approximate surface area is 178 Å². The van der Waals surface area contributed by atoms with Crippen LogP contribution in [-0.2, 0) is 6.61 Å². The van der Waals surface area contributed by atoms with Crippen LogP contribution < -0.4 is 10.2 Å². The van der Waals surface area contributed by atoms with E-state index in [1.165, 1.54) is 12.3 Å². The van der Waals surface area contributed by atoms with Crippen molar-refractivity contribution in [2.75, 3.05) is 0 Å². The Bertz CT molecular complexity index is 1250. The maximum absolute atomic E-state index is 13.6. The van der Waals surface area contributed by atoms with Crippen LogP contribution in [0.5, 0.6) is 11.5 Å². The number of benzene rings is 4. The number of hydrogen-bond donors (Lipinski definition) is 2. The Balaban J connectivity index is 1.36. The number of ether oxygens (including phenoxy) is 1. The van der Waals surface area contributed by atoms with Gasteiger partial charge in [-0.15, -0.1) is 0 Å². The molecule has 4 rings (SSSR count). The molecule has 0 bridgehead atoms. The third-order valence-electron chi connectivity index (χ3n) is 4.72. The summed E-state index contributed by atoms with van der Waals surface area (Å²) in [5, 5.41) is 15.8. The third-order valence-corrected chi connectivity index (χ3v) is 4.72. The van der Waals surface area contributed by atoms with Gasteiger partial charge in [0.05, 0.1) is 11.8 Å². The summed E-state index contributed by atoms with van der Waals surface area (Å²) in [7, 11) is 0. The van der Waals surface area contributed by atoms with Gasteiger partial charge in [-0.3, -0.25) is 4.79 Å². The number of hydrazone groups is 1. The van der Waals surface area contributed by atoms with Crippen molar-refractivity contribution in [1.29, 1.82) is 0 Å². The number of halogens is 1. The Morgan fingerprint density at radius 3 is 2.39 bits per heavy atom. The van der Waals surface area contributed by atoms with Crippen LogP contribution in [0.4, 0.5) is 4.39 Å². The van der Waals surface area contributed by atoms with Gasteiger partial charge in [-0.2, -0.15) is 5.10 Å². The Kier molecular flexibility index (Phi) is 5.89. The predicted molar refractivity (Wildman–Crippen MR) is 118 cm³/mol. The first-order valence-corrected chi connectivity index (χ1v) is 9.61. The molecule has 0 aliphatic carbocycles. The molecule has 4 aromatic carbocycles. The Morgan fingerprint density at radius 2 is 1.65 bits per heavy atom. The molecule has 0 fully saturated rings. The van der Waals surface area contributed by atoms with Gasteiger partial charge in [0.15, 0.2) is 0 Å². The smallest absolute Gasteiger partial charge is 0.275 e. The molecular weight excluding hydrogens is 395 g/mol. The van der Waals surface area contributed by atoms with Crippen molar-refractivity contribution in [1.82, 2.24) is 5.43 Å². The van der Waals surface area contributed by atoms with Crippen LogP contribution in [0.2, 0.25) is 0 Å². The summed E-state index contributed by atoms with van der Waals surface area (Å²) in [6, 6.07) is 24.1. The van der Waals surface area contributed by atoms with Crippen LogP contribution in [0.1, 0.15) is 21.5 Å². The number of nitrogens with zero attached hydrogens (tertiary/aromatic N) is 1. The Morgan fingerprint density at radius 1 is 0.968 bits per heavy atom. The largest absolute Gasteiger partial charge is 0.507 e. The van der Waals surface area contributed by atoms with Crippen molar-refractivity contribution in [2.24, 2.45) is 5.10 Å². The van der Waals surface area contributed by atoms with Crippen molar-refractivity contribution in [3.8, 4) is 11.5 Å². The molecule has 0 heterocycles. The molecule has 4 aromatic rings. The van der Waals surface area contributed by atoms with Gasteiger partial charge >= 0.3 is 0 Å². The molecule has 0 unspecified atom stereocenters. The minimum absolute atomic E-state index is 0.109. The average Bonchev–Trinajstić information content (AvgIpc) is 2.79. The summed E-state index contributed by atoms with van der Waals surface area (Å²) in [5.74, 6) is -0.336. The van der Waals surface area contributed by atoms with Gasteiger partial charge in [0.1, 0.15) is 23.9 Å². The normalized spacial score (nSPS) is 11.0. The molecule has 0 saturated heterocycles. The van der Waals surface area contributed by atoms with Crippen LogP contribution in [0.3, 0.4) is 0 Å². The number of phenols is 1. The van der Waals surface area contributed by atoms with Crippen LogP contribution in [0.25, 0.3) is 10.8 Å². The van der Waals surface area contributed by atoms with Crippen LogP contribution in [0, 0.1) is 5.82 Å². The van der Waals surface area contributed by atoms with Gasteiger partial charge in [0, 0.05) is 5.56 Å². The van der Waals surface area contributed by atoms with Crippen LogP contribution in [0.15, 0.2) is 90.0 Å². The van der Waals surface area contributed by atoms with Crippen molar-refractivity contribution in [3.05, 3.63) is 107 Å². The molecule has 0 aliphatic rings. The molecule has 5 nitrogen and oxygen atoms in total. The minimum Gasteiger partial charge on any atom is -0.507 e. The summed E-state index contributed by atoms with van der Waals surface area (Å²) in [4.78, 5) is 12.4. The SMILES string of the molecule is O=C(NN=Cc1ccc(OCc2ccccc2F)cc1)c1cc2ccccc2cc1O. The second-order valence-electron chi connectivity index (χ2n) is 6.86. The number of nitrogens with one attached hydrogen (secondary N) is 1. The number of rotatable bonds is 6. The summed E-state index contributed by atoms with van der Waals surface area (Å²) in [6.07, 6.45) is 1.48. The first-order valence-electron chi connectivity index (χ1n) is 9.61.